The fraction of sp³-hybridized carbons (Fsp3) is 0.571. The Hall–Kier alpha value is -0.640. The van der Waals surface area contributed by atoms with E-state index < -0.39 is 0 Å². The van der Waals surface area contributed by atoms with Gasteiger partial charge in [0.15, 0.2) is 0 Å². The third kappa shape index (κ3) is 2.40. The Morgan fingerprint density at radius 1 is 1.28 bits per heavy atom. The summed E-state index contributed by atoms with van der Waals surface area (Å²) < 4.78 is 13.6. The maximum Gasteiger partial charge on any atom is 0.127 e. The predicted molar refractivity (Wildman–Crippen MR) is 68.9 cm³/mol. The highest BCUT2D eigenvalue weighted by atomic mass is 35.5. The van der Waals surface area contributed by atoms with Crippen molar-refractivity contribution in [1.29, 1.82) is 0 Å². The predicted octanol–water partition coefficient (Wildman–Crippen LogP) is 2.68. The van der Waals surface area contributed by atoms with Crippen molar-refractivity contribution >= 4 is 11.6 Å². The van der Waals surface area contributed by atoms with Crippen LogP contribution in [0.4, 0.5) is 4.39 Å². The van der Waals surface area contributed by atoms with Crippen LogP contribution >= 0.6 is 11.6 Å². The first-order chi connectivity index (χ1) is 8.61. The van der Waals surface area contributed by atoms with Crippen LogP contribution in [0.5, 0.6) is 0 Å². The minimum Gasteiger partial charge on any atom is -0.393 e. The van der Waals surface area contributed by atoms with Crippen LogP contribution in [-0.2, 0) is 6.54 Å². The summed E-state index contributed by atoms with van der Waals surface area (Å²) in [7, 11) is 0. The second-order valence-electron chi connectivity index (χ2n) is 5.58. The minimum atomic E-state index is -0.184. The number of hydrogen-bond donors (Lipinski definition) is 1. The van der Waals surface area contributed by atoms with E-state index in [0.29, 0.717) is 29.0 Å². The van der Waals surface area contributed by atoms with E-state index in [1.54, 1.807) is 12.1 Å². The summed E-state index contributed by atoms with van der Waals surface area (Å²) >= 11 is 5.90. The molecule has 0 spiro atoms. The second kappa shape index (κ2) is 4.80. The number of likely N-dealkylation sites (tertiary alicyclic amines) is 1. The molecule has 1 N–H and O–H groups in total. The van der Waals surface area contributed by atoms with E-state index in [1.807, 2.05) is 0 Å². The molecule has 0 aromatic heterocycles. The Kier molecular flexibility index (Phi) is 3.31. The Bertz CT molecular complexity index is 439. The van der Waals surface area contributed by atoms with Gasteiger partial charge in [-0.05, 0) is 42.9 Å². The van der Waals surface area contributed by atoms with E-state index in [2.05, 4.69) is 4.90 Å². The first-order valence-corrected chi connectivity index (χ1v) is 6.84. The lowest BCUT2D eigenvalue weighted by atomic mass is 10.0. The monoisotopic (exact) mass is 269 g/mol. The van der Waals surface area contributed by atoms with E-state index >= 15 is 0 Å². The minimum absolute atomic E-state index is 0.120. The maximum atomic E-state index is 13.6. The van der Waals surface area contributed by atoms with Crippen molar-refractivity contribution in [2.24, 2.45) is 11.8 Å². The van der Waals surface area contributed by atoms with Crippen LogP contribution in [0.15, 0.2) is 18.2 Å². The largest absolute Gasteiger partial charge is 0.393 e. The van der Waals surface area contributed by atoms with Crippen molar-refractivity contribution in [1.82, 2.24) is 4.90 Å². The second-order valence-corrected chi connectivity index (χ2v) is 6.01. The van der Waals surface area contributed by atoms with Gasteiger partial charge in [0.1, 0.15) is 5.82 Å². The van der Waals surface area contributed by atoms with Gasteiger partial charge in [0, 0.05) is 30.2 Å². The maximum absolute atomic E-state index is 13.6. The summed E-state index contributed by atoms with van der Waals surface area (Å²) in [5.41, 5.74) is 0.669. The number of nitrogens with zero attached hydrogens (tertiary/aromatic N) is 1. The van der Waals surface area contributed by atoms with Crippen molar-refractivity contribution < 1.29 is 9.50 Å². The van der Waals surface area contributed by atoms with Gasteiger partial charge in [-0.15, -0.1) is 0 Å². The molecule has 3 atom stereocenters. The molecule has 2 fully saturated rings. The van der Waals surface area contributed by atoms with Crippen LogP contribution in [0.3, 0.4) is 0 Å². The fourth-order valence-corrected chi connectivity index (χ4v) is 3.59. The smallest absolute Gasteiger partial charge is 0.127 e. The molecule has 0 amide bonds. The lowest BCUT2D eigenvalue weighted by Crippen LogP contribution is -2.23. The molecule has 1 heterocycles. The fourth-order valence-electron chi connectivity index (χ4n) is 3.40. The van der Waals surface area contributed by atoms with Gasteiger partial charge in [-0.3, -0.25) is 4.90 Å². The van der Waals surface area contributed by atoms with Gasteiger partial charge in [-0.1, -0.05) is 11.6 Å². The summed E-state index contributed by atoms with van der Waals surface area (Å²) in [6.45, 7) is 2.55. The standard InChI is InChI=1S/C14H17ClFNO/c15-12-1-2-14(16)11(3-12)8-17-6-9-4-13(18)5-10(9)7-17/h1-3,9-10,13,18H,4-8H2/t9-,10+,13?. The van der Waals surface area contributed by atoms with Crippen molar-refractivity contribution in [3.05, 3.63) is 34.6 Å². The molecule has 1 aromatic carbocycles. The number of aliphatic hydroxyl groups excluding tert-OH is 1. The first kappa shape index (κ1) is 12.4. The molecule has 0 bridgehead atoms. The van der Waals surface area contributed by atoms with E-state index in [1.165, 1.54) is 6.07 Å². The van der Waals surface area contributed by atoms with Crippen LogP contribution in [-0.4, -0.2) is 29.2 Å². The van der Waals surface area contributed by atoms with Gasteiger partial charge >= 0.3 is 0 Å². The Balaban J connectivity index is 1.66. The molecule has 1 saturated heterocycles. The molecule has 98 valence electrons. The SMILES string of the molecule is OC1C[C@@H]2CN(Cc3cc(Cl)ccc3F)C[C@@H]2C1. The summed E-state index contributed by atoms with van der Waals surface area (Å²) in [4.78, 5) is 2.27. The highest BCUT2D eigenvalue weighted by Crippen LogP contribution is 2.38. The first-order valence-electron chi connectivity index (χ1n) is 6.46. The zero-order valence-electron chi connectivity index (χ0n) is 10.1. The molecule has 3 rings (SSSR count). The average molecular weight is 270 g/mol. The number of benzene rings is 1. The van der Waals surface area contributed by atoms with Gasteiger partial charge < -0.3 is 5.11 Å². The van der Waals surface area contributed by atoms with Crippen molar-refractivity contribution in [2.45, 2.75) is 25.5 Å². The van der Waals surface area contributed by atoms with Crippen LogP contribution in [0.1, 0.15) is 18.4 Å². The van der Waals surface area contributed by atoms with Gasteiger partial charge in [0.05, 0.1) is 6.10 Å². The summed E-state index contributed by atoms with van der Waals surface area (Å²) in [6, 6.07) is 4.72. The third-order valence-electron chi connectivity index (χ3n) is 4.20. The Morgan fingerprint density at radius 2 is 1.94 bits per heavy atom. The van der Waals surface area contributed by atoms with Crippen molar-refractivity contribution in [2.75, 3.05) is 13.1 Å². The van der Waals surface area contributed by atoms with E-state index in [0.717, 1.165) is 25.9 Å². The topological polar surface area (TPSA) is 23.5 Å². The zero-order chi connectivity index (χ0) is 12.7. The molecule has 1 saturated carbocycles. The molecule has 1 aliphatic heterocycles. The molecule has 1 aromatic rings. The molecule has 4 heteroatoms. The number of hydrogen-bond acceptors (Lipinski definition) is 2. The quantitative estimate of drug-likeness (QED) is 0.892. The molecular formula is C14H17ClFNO. The van der Waals surface area contributed by atoms with Crippen LogP contribution in [0.25, 0.3) is 0 Å². The summed E-state index contributed by atoms with van der Waals surface area (Å²) in [6.07, 6.45) is 1.68. The summed E-state index contributed by atoms with van der Waals surface area (Å²) in [5.74, 6) is 0.987. The van der Waals surface area contributed by atoms with E-state index in [9.17, 15) is 9.50 Å². The van der Waals surface area contributed by atoms with Gasteiger partial charge in [-0.25, -0.2) is 4.39 Å². The van der Waals surface area contributed by atoms with Crippen molar-refractivity contribution in [3.63, 3.8) is 0 Å². The van der Waals surface area contributed by atoms with Gasteiger partial charge in [-0.2, -0.15) is 0 Å². The van der Waals surface area contributed by atoms with Crippen LogP contribution in [0.2, 0.25) is 5.02 Å². The molecule has 2 nitrogen and oxygen atoms in total. The van der Waals surface area contributed by atoms with Crippen molar-refractivity contribution in [3.8, 4) is 0 Å². The number of aliphatic hydroxyl groups is 1. The lowest BCUT2D eigenvalue weighted by Gasteiger charge is -2.18. The van der Waals surface area contributed by atoms with Gasteiger partial charge in [0.25, 0.3) is 0 Å². The lowest BCUT2D eigenvalue weighted by molar-refractivity contribution is 0.161. The Labute approximate surface area is 111 Å². The normalized spacial score (nSPS) is 31.8. The molecule has 18 heavy (non-hydrogen) atoms. The molecular weight excluding hydrogens is 253 g/mol. The third-order valence-corrected chi connectivity index (χ3v) is 4.44. The van der Waals surface area contributed by atoms with E-state index in [-0.39, 0.29) is 11.9 Å². The average Bonchev–Trinajstić information content (AvgIpc) is 2.80. The summed E-state index contributed by atoms with van der Waals surface area (Å²) in [5, 5.41) is 10.2. The Morgan fingerprint density at radius 3 is 2.61 bits per heavy atom. The number of rotatable bonds is 2. The highest BCUT2D eigenvalue weighted by Gasteiger charge is 2.40. The number of fused-ring (bicyclic) bond motifs is 1. The van der Waals surface area contributed by atoms with E-state index in [4.69, 9.17) is 11.6 Å². The highest BCUT2D eigenvalue weighted by molar-refractivity contribution is 6.30. The zero-order valence-corrected chi connectivity index (χ0v) is 10.9. The molecule has 1 unspecified atom stereocenters. The molecule has 0 radical (unpaired) electrons. The number of halogens is 2. The molecule has 1 aliphatic carbocycles. The molecule has 2 aliphatic rings. The van der Waals surface area contributed by atoms with Crippen LogP contribution < -0.4 is 0 Å². The van der Waals surface area contributed by atoms with Crippen LogP contribution in [0, 0.1) is 17.7 Å². The van der Waals surface area contributed by atoms with Gasteiger partial charge in [0.2, 0.25) is 0 Å².